The van der Waals surface area contributed by atoms with Gasteiger partial charge in [0.05, 0.1) is 6.54 Å². The molecule has 0 radical (unpaired) electrons. The van der Waals surface area contributed by atoms with Crippen molar-refractivity contribution in [1.29, 1.82) is 0 Å². The summed E-state index contributed by atoms with van der Waals surface area (Å²) in [5, 5.41) is 2.98. The zero-order valence-corrected chi connectivity index (χ0v) is 11.6. The Hall–Kier alpha value is -1.42. The number of rotatable bonds is 7. The first kappa shape index (κ1) is 13.6. The molecule has 108 valence electrons. The highest BCUT2D eigenvalue weighted by atomic mass is 19.1. The average Bonchev–Trinajstić information content (AvgIpc) is 3.30. The number of hydrogen-bond donors (Lipinski definition) is 1. The second kappa shape index (κ2) is 5.92. The molecule has 2 fully saturated rings. The van der Waals surface area contributed by atoms with Crippen LogP contribution in [-0.4, -0.2) is 29.9 Å². The molecule has 0 aromatic heterocycles. The molecule has 1 aromatic carbocycles. The van der Waals surface area contributed by atoms with Gasteiger partial charge in [0.15, 0.2) is 0 Å². The van der Waals surface area contributed by atoms with Gasteiger partial charge in [-0.25, -0.2) is 4.39 Å². The third-order valence-corrected chi connectivity index (χ3v) is 4.03. The van der Waals surface area contributed by atoms with Crippen LogP contribution in [0.4, 0.5) is 4.39 Å². The largest absolute Gasteiger partial charge is 0.355 e. The summed E-state index contributed by atoms with van der Waals surface area (Å²) in [4.78, 5) is 14.0. The fourth-order valence-electron chi connectivity index (χ4n) is 2.42. The Bertz CT molecular complexity index is 483. The molecule has 3 rings (SSSR count). The van der Waals surface area contributed by atoms with Crippen LogP contribution in [0.25, 0.3) is 0 Å². The van der Waals surface area contributed by atoms with Crippen molar-refractivity contribution >= 4 is 5.91 Å². The zero-order valence-electron chi connectivity index (χ0n) is 11.6. The van der Waals surface area contributed by atoms with E-state index in [1.54, 1.807) is 12.1 Å². The van der Waals surface area contributed by atoms with Crippen molar-refractivity contribution in [3.8, 4) is 0 Å². The highest BCUT2D eigenvalue weighted by Crippen LogP contribution is 2.29. The average molecular weight is 276 g/mol. The number of benzene rings is 1. The molecule has 0 saturated heterocycles. The van der Waals surface area contributed by atoms with Crippen molar-refractivity contribution in [2.75, 3.05) is 13.1 Å². The van der Waals surface area contributed by atoms with Crippen LogP contribution in [-0.2, 0) is 11.3 Å². The van der Waals surface area contributed by atoms with Crippen LogP contribution in [0.2, 0.25) is 0 Å². The van der Waals surface area contributed by atoms with Crippen LogP contribution in [0.5, 0.6) is 0 Å². The number of amides is 1. The van der Waals surface area contributed by atoms with Gasteiger partial charge in [-0.15, -0.1) is 0 Å². The Morgan fingerprint density at radius 1 is 1.25 bits per heavy atom. The molecule has 2 aliphatic rings. The van der Waals surface area contributed by atoms with Crippen LogP contribution in [0, 0.1) is 11.7 Å². The molecule has 4 heteroatoms. The summed E-state index contributed by atoms with van der Waals surface area (Å²) in [5.41, 5.74) is 0.675. The molecule has 3 nitrogen and oxygen atoms in total. The molecule has 0 unspecified atom stereocenters. The van der Waals surface area contributed by atoms with Gasteiger partial charge in [0.1, 0.15) is 5.82 Å². The van der Waals surface area contributed by atoms with Crippen molar-refractivity contribution in [3.63, 3.8) is 0 Å². The predicted octanol–water partition coefficient (Wildman–Crippen LogP) is 2.32. The van der Waals surface area contributed by atoms with Crippen molar-refractivity contribution in [3.05, 3.63) is 35.6 Å². The van der Waals surface area contributed by atoms with Crippen molar-refractivity contribution in [2.24, 2.45) is 5.92 Å². The van der Waals surface area contributed by atoms with Crippen LogP contribution in [0.15, 0.2) is 24.3 Å². The minimum absolute atomic E-state index is 0.0696. The lowest BCUT2D eigenvalue weighted by Crippen LogP contribution is -2.39. The number of carbonyl (C=O) groups excluding carboxylic acids is 1. The van der Waals surface area contributed by atoms with E-state index in [1.165, 1.54) is 18.9 Å². The number of hydrogen-bond acceptors (Lipinski definition) is 2. The molecule has 1 aromatic rings. The summed E-state index contributed by atoms with van der Waals surface area (Å²) < 4.78 is 13.7. The van der Waals surface area contributed by atoms with E-state index >= 15 is 0 Å². The highest BCUT2D eigenvalue weighted by Gasteiger charge is 2.31. The van der Waals surface area contributed by atoms with Gasteiger partial charge in [-0.2, -0.15) is 0 Å². The van der Waals surface area contributed by atoms with E-state index in [9.17, 15) is 9.18 Å². The number of nitrogens with one attached hydrogen (secondary N) is 1. The van der Waals surface area contributed by atoms with Gasteiger partial charge in [-0.1, -0.05) is 18.2 Å². The van der Waals surface area contributed by atoms with E-state index in [0.29, 0.717) is 30.6 Å². The van der Waals surface area contributed by atoms with Gasteiger partial charge < -0.3 is 5.32 Å². The molecule has 2 aliphatic carbocycles. The summed E-state index contributed by atoms with van der Waals surface area (Å²) >= 11 is 0. The minimum Gasteiger partial charge on any atom is -0.355 e. The van der Waals surface area contributed by atoms with Gasteiger partial charge in [-0.3, -0.25) is 9.69 Å². The molecular formula is C16H21FN2O. The van der Waals surface area contributed by atoms with Crippen molar-refractivity contribution < 1.29 is 9.18 Å². The molecule has 0 bridgehead atoms. The van der Waals surface area contributed by atoms with Crippen molar-refractivity contribution in [2.45, 2.75) is 38.3 Å². The molecule has 1 N–H and O–H groups in total. The van der Waals surface area contributed by atoms with Gasteiger partial charge in [0.2, 0.25) is 5.91 Å². The van der Waals surface area contributed by atoms with E-state index in [-0.39, 0.29) is 11.7 Å². The molecule has 0 aliphatic heterocycles. The summed E-state index contributed by atoms with van der Waals surface area (Å²) in [6.45, 7) is 1.71. The summed E-state index contributed by atoms with van der Waals surface area (Å²) in [6, 6.07) is 7.26. The van der Waals surface area contributed by atoms with Crippen LogP contribution in [0.1, 0.15) is 31.2 Å². The highest BCUT2D eigenvalue weighted by molar-refractivity contribution is 5.78. The second-order valence-electron chi connectivity index (χ2n) is 5.98. The molecular weight excluding hydrogens is 255 g/mol. The SMILES string of the molecule is O=C(CN(Cc1ccccc1F)C1CC1)NCC1CC1. The number of carbonyl (C=O) groups is 1. The Balaban J connectivity index is 1.55. The quantitative estimate of drug-likeness (QED) is 0.829. The van der Waals surface area contributed by atoms with E-state index in [4.69, 9.17) is 0 Å². The predicted molar refractivity (Wildman–Crippen MR) is 75.6 cm³/mol. The van der Waals surface area contributed by atoms with E-state index in [0.717, 1.165) is 19.4 Å². The third kappa shape index (κ3) is 3.79. The lowest BCUT2D eigenvalue weighted by atomic mass is 10.2. The Morgan fingerprint density at radius 3 is 2.65 bits per heavy atom. The topological polar surface area (TPSA) is 32.3 Å². The van der Waals surface area contributed by atoms with Crippen LogP contribution < -0.4 is 5.32 Å². The summed E-state index contributed by atoms with van der Waals surface area (Å²) in [7, 11) is 0. The first-order valence-corrected chi connectivity index (χ1v) is 7.46. The first-order valence-electron chi connectivity index (χ1n) is 7.46. The lowest BCUT2D eigenvalue weighted by molar-refractivity contribution is -0.122. The monoisotopic (exact) mass is 276 g/mol. The molecule has 0 atom stereocenters. The van der Waals surface area contributed by atoms with Crippen LogP contribution >= 0.6 is 0 Å². The van der Waals surface area contributed by atoms with E-state index < -0.39 is 0 Å². The molecule has 0 heterocycles. The summed E-state index contributed by atoms with van der Waals surface area (Å²) in [5.74, 6) is 0.580. The smallest absolute Gasteiger partial charge is 0.234 e. The Kier molecular flexibility index (Phi) is 4.01. The maximum Gasteiger partial charge on any atom is 0.234 e. The Labute approximate surface area is 119 Å². The Morgan fingerprint density at radius 2 is 2.00 bits per heavy atom. The molecule has 2 saturated carbocycles. The fourth-order valence-corrected chi connectivity index (χ4v) is 2.42. The van der Waals surface area contributed by atoms with Gasteiger partial charge >= 0.3 is 0 Å². The van der Waals surface area contributed by atoms with E-state index in [2.05, 4.69) is 10.2 Å². The fraction of sp³-hybridized carbons (Fsp3) is 0.562. The number of halogens is 1. The number of nitrogens with zero attached hydrogens (tertiary/aromatic N) is 1. The molecule has 1 amide bonds. The van der Waals surface area contributed by atoms with E-state index in [1.807, 2.05) is 6.07 Å². The first-order chi connectivity index (χ1) is 9.72. The standard InChI is InChI=1S/C16H21FN2O/c17-15-4-2-1-3-13(15)10-19(14-7-8-14)11-16(20)18-9-12-5-6-12/h1-4,12,14H,5-11H2,(H,18,20). The molecule has 20 heavy (non-hydrogen) atoms. The van der Waals surface area contributed by atoms with Gasteiger partial charge in [0, 0.05) is 24.7 Å². The van der Waals surface area contributed by atoms with Crippen molar-refractivity contribution in [1.82, 2.24) is 10.2 Å². The summed E-state index contributed by atoms with van der Waals surface area (Å²) in [6.07, 6.45) is 4.71. The molecule has 0 spiro atoms. The van der Waals surface area contributed by atoms with Crippen LogP contribution in [0.3, 0.4) is 0 Å². The van der Waals surface area contributed by atoms with Gasteiger partial charge in [-0.05, 0) is 37.7 Å². The third-order valence-electron chi connectivity index (χ3n) is 4.03. The maximum atomic E-state index is 13.7. The zero-order chi connectivity index (χ0) is 13.9. The normalized spacial score (nSPS) is 18.3. The lowest BCUT2D eigenvalue weighted by Gasteiger charge is -2.21. The second-order valence-corrected chi connectivity index (χ2v) is 5.98. The minimum atomic E-state index is -0.184. The van der Waals surface area contributed by atoms with Gasteiger partial charge in [0.25, 0.3) is 0 Å². The maximum absolute atomic E-state index is 13.7.